The average molecular weight is 282 g/mol. The van der Waals surface area contributed by atoms with Crippen molar-refractivity contribution in [3.63, 3.8) is 0 Å². The summed E-state index contributed by atoms with van der Waals surface area (Å²) in [5.41, 5.74) is 2.97. The second-order valence-electron chi connectivity index (χ2n) is 4.26. The first-order valence-electron chi connectivity index (χ1n) is 6.00. The van der Waals surface area contributed by atoms with E-state index in [2.05, 4.69) is 17.3 Å². The van der Waals surface area contributed by atoms with Gasteiger partial charge in [-0.25, -0.2) is 4.68 Å². The molecule has 1 aliphatic heterocycles. The van der Waals surface area contributed by atoms with Crippen LogP contribution in [0.1, 0.15) is 12.5 Å². The number of nitrogens with one attached hydrogen (secondary N) is 1. The lowest BCUT2D eigenvalue weighted by Gasteiger charge is -2.05. The molecule has 3 nitrogen and oxygen atoms in total. The number of halogens is 2. The van der Waals surface area contributed by atoms with Crippen LogP contribution in [0.15, 0.2) is 18.2 Å². The number of anilines is 1. The maximum atomic E-state index is 6.26. The van der Waals surface area contributed by atoms with Gasteiger partial charge < -0.3 is 5.32 Å². The van der Waals surface area contributed by atoms with Gasteiger partial charge in [0.15, 0.2) is 0 Å². The Kier molecular flexibility index (Phi) is 2.96. The number of aromatic nitrogens is 2. The molecule has 1 aromatic carbocycles. The second-order valence-corrected chi connectivity index (χ2v) is 5.08. The molecule has 0 atom stereocenters. The highest BCUT2D eigenvalue weighted by Gasteiger charge is 2.24. The summed E-state index contributed by atoms with van der Waals surface area (Å²) in [6.07, 6.45) is 0.965. The Morgan fingerprint density at radius 1 is 1.33 bits per heavy atom. The first kappa shape index (κ1) is 11.9. The van der Waals surface area contributed by atoms with E-state index >= 15 is 0 Å². The fourth-order valence-electron chi connectivity index (χ4n) is 2.39. The Morgan fingerprint density at radius 3 is 2.72 bits per heavy atom. The minimum absolute atomic E-state index is 0.651. The largest absolute Gasteiger partial charge is 0.370 e. The van der Waals surface area contributed by atoms with Crippen molar-refractivity contribution >= 4 is 29.0 Å². The molecule has 0 spiro atoms. The van der Waals surface area contributed by atoms with Gasteiger partial charge in [-0.3, -0.25) is 0 Å². The molecule has 0 unspecified atom stereocenters. The van der Waals surface area contributed by atoms with E-state index in [1.54, 1.807) is 0 Å². The van der Waals surface area contributed by atoms with Gasteiger partial charge in [0.25, 0.3) is 0 Å². The lowest BCUT2D eigenvalue weighted by atomic mass is 10.1. The molecule has 0 fully saturated rings. The molecule has 1 aliphatic rings. The zero-order chi connectivity index (χ0) is 12.7. The third-order valence-electron chi connectivity index (χ3n) is 3.22. The number of hydrogen-bond acceptors (Lipinski definition) is 2. The summed E-state index contributed by atoms with van der Waals surface area (Å²) < 4.78 is 1.97. The number of rotatable bonds is 2. The van der Waals surface area contributed by atoms with Crippen LogP contribution in [-0.4, -0.2) is 16.3 Å². The molecule has 0 amide bonds. The molecular weight excluding hydrogens is 269 g/mol. The van der Waals surface area contributed by atoms with Crippen LogP contribution >= 0.6 is 23.2 Å². The topological polar surface area (TPSA) is 29.9 Å². The van der Waals surface area contributed by atoms with Crippen molar-refractivity contribution in [3.05, 3.63) is 33.8 Å². The molecule has 0 radical (unpaired) electrons. The van der Waals surface area contributed by atoms with E-state index < -0.39 is 0 Å². The first-order valence-corrected chi connectivity index (χ1v) is 6.76. The van der Waals surface area contributed by atoms with Crippen molar-refractivity contribution in [3.8, 4) is 11.3 Å². The lowest BCUT2D eigenvalue weighted by molar-refractivity contribution is 0.668. The maximum Gasteiger partial charge on any atom is 0.128 e. The summed E-state index contributed by atoms with van der Waals surface area (Å²) >= 11 is 12.5. The summed E-state index contributed by atoms with van der Waals surface area (Å²) in [5, 5.41) is 9.29. The average Bonchev–Trinajstić information content (AvgIpc) is 2.91. The molecule has 0 aliphatic carbocycles. The third-order valence-corrected chi connectivity index (χ3v) is 3.85. The lowest BCUT2D eigenvalue weighted by Crippen LogP contribution is -2.04. The van der Waals surface area contributed by atoms with Crippen molar-refractivity contribution in [2.45, 2.75) is 19.9 Å². The van der Waals surface area contributed by atoms with Crippen LogP contribution in [0.4, 0.5) is 5.82 Å². The van der Waals surface area contributed by atoms with E-state index in [-0.39, 0.29) is 0 Å². The molecule has 3 rings (SSSR count). The van der Waals surface area contributed by atoms with E-state index in [9.17, 15) is 0 Å². The smallest absolute Gasteiger partial charge is 0.128 e. The van der Waals surface area contributed by atoms with Crippen LogP contribution < -0.4 is 5.32 Å². The SMILES string of the molecule is CCn1nc(-c2c(Cl)cccc2Cl)c2c1NCC2. The zero-order valence-electron chi connectivity index (χ0n) is 10.0. The number of aryl methyl sites for hydroxylation is 1. The zero-order valence-corrected chi connectivity index (χ0v) is 11.5. The van der Waals surface area contributed by atoms with Gasteiger partial charge in [0, 0.05) is 24.2 Å². The van der Waals surface area contributed by atoms with Crippen LogP contribution in [0.3, 0.4) is 0 Å². The van der Waals surface area contributed by atoms with Gasteiger partial charge in [-0.2, -0.15) is 5.10 Å². The Labute approximate surface area is 116 Å². The van der Waals surface area contributed by atoms with Gasteiger partial charge >= 0.3 is 0 Å². The molecule has 18 heavy (non-hydrogen) atoms. The summed E-state index contributed by atoms with van der Waals surface area (Å²) in [5.74, 6) is 1.10. The monoisotopic (exact) mass is 281 g/mol. The molecule has 1 aromatic heterocycles. The Hall–Kier alpha value is -1.19. The second kappa shape index (κ2) is 4.48. The van der Waals surface area contributed by atoms with Crippen molar-refractivity contribution in [2.75, 3.05) is 11.9 Å². The van der Waals surface area contributed by atoms with Crippen LogP contribution in [0, 0.1) is 0 Å². The number of benzene rings is 1. The Morgan fingerprint density at radius 2 is 2.06 bits per heavy atom. The maximum absolute atomic E-state index is 6.26. The van der Waals surface area contributed by atoms with Crippen LogP contribution in [0.25, 0.3) is 11.3 Å². The molecule has 2 heterocycles. The minimum Gasteiger partial charge on any atom is -0.370 e. The molecule has 1 N–H and O–H groups in total. The highest BCUT2D eigenvalue weighted by Crippen LogP contribution is 2.39. The fraction of sp³-hybridized carbons (Fsp3) is 0.308. The fourth-order valence-corrected chi connectivity index (χ4v) is 2.97. The van der Waals surface area contributed by atoms with E-state index in [0.717, 1.165) is 36.6 Å². The van der Waals surface area contributed by atoms with Crippen molar-refractivity contribution in [1.82, 2.24) is 9.78 Å². The van der Waals surface area contributed by atoms with Gasteiger partial charge in [0.1, 0.15) is 11.5 Å². The van der Waals surface area contributed by atoms with Gasteiger partial charge in [-0.15, -0.1) is 0 Å². The molecule has 0 bridgehead atoms. The normalized spacial score (nSPS) is 13.5. The Balaban J connectivity index is 2.24. The molecule has 0 saturated heterocycles. The van der Waals surface area contributed by atoms with Crippen molar-refractivity contribution in [1.29, 1.82) is 0 Å². The summed E-state index contributed by atoms with van der Waals surface area (Å²) in [6.45, 7) is 3.85. The minimum atomic E-state index is 0.651. The van der Waals surface area contributed by atoms with E-state index in [1.165, 1.54) is 5.56 Å². The van der Waals surface area contributed by atoms with E-state index in [4.69, 9.17) is 23.2 Å². The molecule has 2 aromatic rings. The van der Waals surface area contributed by atoms with Gasteiger partial charge in [0.05, 0.1) is 10.0 Å². The van der Waals surface area contributed by atoms with Crippen LogP contribution in [0.5, 0.6) is 0 Å². The van der Waals surface area contributed by atoms with Crippen molar-refractivity contribution < 1.29 is 0 Å². The highest BCUT2D eigenvalue weighted by atomic mass is 35.5. The van der Waals surface area contributed by atoms with Gasteiger partial charge in [0.2, 0.25) is 0 Å². The summed E-state index contributed by atoms with van der Waals surface area (Å²) in [6, 6.07) is 5.55. The molecule has 94 valence electrons. The first-order chi connectivity index (χ1) is 8.72. The Bertz CT molecular complexity index is 584. The van der Waals surface area contributed by atoms with Gasteiger partial charge in [-0.1, -0.05) is 29.3 Å². The number of fused-ring (bicyclic) bond motifs is 1. The molecule has 0 saturated carbocycles. The molecular formula is C13H13Cl2N3. The van der Waals surface area contributed by atoms with E-state index in [0.29, 0.717) is 10.0 Å². The summed E-state index contributed by atoms with van der Waals surface area (Å²) in [4.78, 5) is 0. The quantitative estimate of drug-likeness (QED) is 0.906. The van der Waals surface area contributed by atoms with Crippen molar-refractivity contribution in [2.24, 2.45) is 0 Å². The predicted molar refractivity (Wildman–Crippen MR) is 75.6 cm³/mol. The van der Waals surface area contributed by atoms with Crippen LogP contribution in [-0.2, 0) is 13.0 Å². The van der Waals surface area contributed by atoms with E-state index in [1.807, 2.05) is 22.9 Å². The third kappa shape index (κ3) is 1.70. The predicted octanol–water partition coefficient (Wildman–Crippen LogP) is 3.84. The van der Waals surface area contributed by atoms with Crippen LogP contribution in [0.2, 0.25) is 10.0 Å². The standard InChI is InChI=1S/C13H13Cl2N3/c1-2-18-13-8(6-7-16-13)12(17-18)11-9(14)4-3-5-10(11)15/h3-5,16H,2,6-7H2,1H3. The summed E-state index contributed by atoms with van der Waals surface area (Å²) in [7, 11) is 0. The molecule has 5 heteroatoms. The number of nitrogens with zero attached hydrogens (tertiary/aromatic N) is 2. The number of hydrogen-bond donors (Lipinski definition) is 1. The highest BCUT2D eigenvalue weighted by molar-refractivity contribution is 6.39. The van der Waals surface area contributed by atoms with Gasteiger partial charge in [-0.05, 0) is 25.5 Å².